The number of piperidine rings is 1. The summed E-state index contributed by atoms with van der Waals surface area (Å²) in [4.78, 5) is 4.88. The van der Waals surface area contributed by atoms with Gasteiger partial charge in [-0.15, -0.1) is 0 Å². The van der Waals surface area contributed by atoms with Crippen LogP contribution in [0.1, 0.15) is 25.5 Å². The number of aryl methyl sites for hydroxylation is 2. The molecule has 1 aromatic carbocycles. The molecular weight excluding hydrogens is 386 g/mol. The number of imidazole rings is 1. The molecule has 0 aliphatic carbocycles. The van der Waals surface area contributed by atoms with Gasteiger partial charge in [0.15, 0.2) is 0 Å². The van der Waals surface area contributed by atoms with Crippen molar-refractivity contribution < 1.29 is 8.42 Å². The molecule has 1 fully saturated rings. The van der Waals surface area contributed by atoms with Gasteiger partial charge < -0.3 is 4.57 Å². The first-order chi connectivity index (χ1) is 14.0. The van der Waals surface area contributed by atoms with Gasteiger partial charge in [-0.1, -0.05) is 30.3 Å². The van der Waals surface area contributed by atoms with E-state index in [0.717, 1.165) is 36.5 Å². The molecule has 0 spiro atoms. The molecule has 2 aromatic heterocycles. The first-order valence-electron chi connectivity index (χ1n) is 10.1. The summed E-state index contributed by atoms with van der Waals surface area (Å²) in [6.45, 7) is 6.49. The van der Waals surface area contributed by atoms with Gasteiger partial charge in [0.1, 0.15) is 10.7 Å². The van der Waals surface area contributed by atoms with Crippen molar-refractivity contribution in [3.63, 3.8) is 0 Å². The largest absolute Gasteiger partial charge is 0.328 e. The quantitative estimate of drug-likeness (QED) is 0.622. The van der Waals surface area contributed by atoms with Gasteiger partial charge in [0.2, 0.25) is 10.0 Å². The predicted molar refractivity (Wildman–Crippen MR) is 112 cm³/mol. The fraction of sp³-hybridized carbons (Fsp3) is 0.429. The van der Waals surface area contributed by atoms with Crippen molar-refractivity contribution in [3.8, 4) is 11.4 Å². The third kappa shape index (κ3) is 4.00. The topological polar surface area (TPSA) is 73.0 Å². The van der Waals surface area contributed by atoms with Crippen LogP contribution >= 0.6 is 0 Å². The second-order valence-electron chi connectivity index (χ2n) is 7.60. The number of rotatable bonds is 6. The average Bonchev–Trinajstić information content (AvgIpc) is 3.37. The molecule has 4 rings (SSSR count). The lowest BCUT2D eigenvalue weighted by molar-refractivity contribution is 0.245. The summed E-state index contributed by atoms with van der Waals surface area (Å²) < 4.78 is 31.6. The van der Waals surface area contributed by atoms with Crippen LogP contribution in [0.2, 0.25) is 0 Å². The van der Waals surface area contributed by atoms with E-state index in [1.54, 1.807) is 15.2 Å². The third-order valence-electron chi connectivity index (χ3n) is 5.58. The molecule has 1 atom stereocenters. The van der Waals surface area contributed by atoms with Crippen LogP contribution < -0.4 is 0 Å². The summed E-state index contributed by atoms with van der Waals surface area (Å²) >= 11 is 0. The second-order valence-corrected chi connectivity index (χ2v) is 9.54. The predicted octanol–water partition coefficient (Wildman–Crippen LogP) is 3.18. The van der Waals surface area contributed by atoms with Crippen LogP contribution in [0.25, 0.3) is 11.4 Å². The minimum atomic E-state index is -3.51. The van der Waals surface area contributed by atoms with Crippen LogP contribution in [0.4, 0.5) is 0 Å². The molecule has 1 unspecified atom stereocenters. The fourth-order valence-corrected chi connectivity index (χ4v) is 5.47. The van der Waals surface area contributed by atoms with Crippen molar-refractivity contribution in [3.05, 3.63) is 54.6 Å². The fourth-order valence-electron chi connectivity index (χ4n) is 3.96. The van der Waals surface area contributed by atoms with E-state index in [1.165, 1.54) is 6.20 Å². The molecule has 1 saturated heterocycles. The Balaban J connectivity index is 1.54. The van der Waals surface area contributed by atoms with E-state index in [9.17, 15) is 8.42 Å². The van der Waals surface area contributed by atoms with Crippen LogP contribution in [0, 0.1) is 12.8 Å². The molecule has 154 valence electrons. The molecule has 0 bridgehead atoms. The van der Waals surface area contributed by atoms with E-state index in [1.807, 2.05) is 31.3 Å². The Bertz CT molecular complexity index is 1070. The molecule has 0 radical (unpaired) electrons. The average molecular weight is 414 g/mol. The van der Waals surface area contributed by atoms with Crippen molar-refractivity contribution in [1.29, 1.82) is 0 Å². The highest BCUT2D eigenvalue weighted by molar-refractivity contribution is 7.89. The Morgan fingerprint density at radius 2 is 1.97 bits per heavy atom. The molecule has 1 aliphatic heterocycles. The van der Waals surface area contributed by atoms with Gasteiger partial charge >= 0.3 is 0 Å². The highest BCUT2D eigenvalue weighted by Crippen LogP contribution is 2.27. The lowest BCUT2D eigenvalue weighted by atomic mass is 9.99. The standard InChI is InChI=1S/C21H27N5O2S/c1-3-24-16-20(13-23-24)29(27,28)25-11-7-8-18(14-25)15-26-17(2)12-22-21(26)19-9-5-4-6-10-19/h4-6,9-10,12-13,16,18H,3,7-8,11,14-15H2,1-2H3. The minimum absolute atomic E-state index is 0.245. The van der Waals surface area contributed by atoms with Gasteiger partial charge in [-0.3, -0.25) is 4.68 Å². The van der Waals surface area contributed by atoms with Crippen molar-refractivity contribution in [2.24, 2.45) is 5.92 Å². The second kappa shape index (κ2) is 8.12. The first-order valence-corrected chi connectivity index (χ1v) is 11.5. The zero-order chi connectivity index (χ0) is 20.4. The van der Waals surface area contributed by atoms with Crippen LogP contribution in [-0.2, 0) is 23.1 Å². The van der Waals surface area contributed by atoms with Crippen LogP contribution in [0.3, 0.4) is 0 Å². The maximum absolute atomic E-state index is 13.1. The summed E-state index contributed by atoms with van der Waals surface area (Å²) in [6.07, 6.45) is 6.83. The lowest BCUT2D eigenvalue weighted by Crippen LogP contribution is -2.41. The molecular formula is C21H27N5O2S. The zero-order valence-corrected chi connectivity index (χ0v) is 17.7. The van der Waals surface area contributed by atoms with Crippen molar-refractivity contribution in [2.45, 2.75) is 44.7 Å². The van der Waals surface area contributed by atoms with Gasteiger partial charge in [0.25, 0.3) is 0 Å². The Labute approximate surface area is 172 Å². The molecule has 29 heavy (non-hydrogen) atoms. The number of benzene rings is 1. The maximum atomic E-state index is 13.1. The number of nitrogens with zero attached hydrogens (tertiary/aromatic N) is 5. The molecule has 7 nitrogen and oxygen atoms in total. The maximum Gasteiger partial charge on any atom is 0.246 e. The van der Waals surface area contributed by atoms with E-state index in [4.69, 9.17) is 0 Å². The summed E-state index contributed by atoms with van der Waals surface area (Å²) in [5.41, 5.74) is 2.17. The monoisotopic (exact) mass is 413 g/mol. The van der Waals surface area contributed by atoms with Gasteiger partial charge in [-0.2, -0.15) is 9.40 Å². The SMILES string of the molecule is CCn1cc(S(=O)(=O)N2CCCC(Cn3c(C)cnc3-c3ccccc3)C2)cn1. The van der Waals surface area contributed by atoms with E-state index >= 15 is 0 Å². The zero-order valence-electron chi connectivity index (χ0n) is 16.9. The summed E-state index contributed by atoms with van der Waals surface area (Å²) in [6, 6.07) is 10.1. The normalized spacial score (nSPS) is 18.2. The molecule has 8 heteroatoms. The minimum Gasteiger partial charge on any atom is -0.328 e. The van der Waals surface area contributed by atoms with E-state index < -0.39 is 10.0 Å². The summed E-state index contributed by atoms with van der Waals surface area (Å²) in [7, 11) is -3.51. The van der Waals surface area contributed by atoms with Crippen LogP contribution in [-0.4, -0.2) is 45.1 Å². The lowest BCUT2D eigenvalue weighted by Gasteiger charge is -2.32. The van der Waals surface area contributed by atoms with E-state index in [0.29, 0.717) is 19.6 Å². The molecule has 1 aliphatic rings. The van der Waals surface area contributed by atoms with Crippen molar-refractivity contribution in [2.75, 3.05) is 13.1 Å². The Morgan fingerprint density at radius 1 is 1.17 bits per heavy atom. The van der Waals surface area contributed by atoms with Crippen LogP contribution in [0.15, 0.2) is 53.8 Å². The third-order valence-corrected chi connectivity index (χ3v) is 7.40. The van der Waals surface area contributed by atoms with Crippen molar-refractivity contribution in [1.82, 2.24) is 23.6 Å². The van der Waals surface area contributed by atoms with Crippen molar-refractivity contribution >= 4 is 10.0 Å². The Hall–Kier alpha value is -2.45. The Kier molecular flexibility index (Phi) is 5.56. The molecule has 3 heterocycles. The number of sulfonamides is 1. The number of hydrogen-bond donors (Lipinski definition) is 0. The molecule has 3 aromatic rings. The van der Waals surface area contributed by atoms with Gasteiger partial charge in [-0.25, -0.2) is 13.4 Å². The van der Waals surface area contributed by atoms with E-state index in [-0.39, 0.29) is 10.8 Å². The van der Waals surface area contributed by atoms with Gasteiger partial charge in [-0.05, 0) is 32.6 Å². The summed E-state index contributed by atoms with van der Waals surface area (Å²) in [5, 5.41) is 4.13. The van der Waals surface area contributed by atoms with Gasteiger partial charge in [0, 0.05) is 49.8 Å². The number of aromatic nitrogens is 4. The number of hydrogen-bond acceptors (Lipinski definition) is 4. The smallest absolute Gasteiger partial charge is 0.246 e. The van der Waals surface area contributed by atoms with E-state index in [2.05, 4.69) is 33.7 Å². The molecule has 0 N–H and O–H groups in total. The molecule has 0 amide bonds. The highest BCUT2D eigenvalue weighted by atomic mass is 32.2. The Morgan fingerprint density at radius 3 is 2.69 bits per heavy atom. The van der Waals surface area contributed by atoms with Crippen LogP contribution in [0.5, 0.6) is 0 Å². The molecule has 0 saturated carbocycles. The highest BCUT2D eigenvalue weighted by Gasteiger charge is 2.31. The van der Waals surface area contributed by atoms with Gasteiger partial charge in [0.05, 0.1) is 6.20 Å². The first kappa shape index (κ1) is 19.8. The summed E-state index contributed by atoms with van der Waals surface area (Å²) in [5.74, 6) is 1.18.